The number of nitrogens with zero attached hydrogens (tertiary/aromatic N) is 2. The number of anilines is 1. The fraction of sp³-hybridized carbons (Fsp3) is 0.435. The van der Waals surface area contributed by atoms with Crippen LogP contribution in [0.15, 0.2) is 30.3 Å². The van der Waals surface area contributed by atoms with Crippen LogP contribution in [0.5, 0.6) is 5.75 Å². The van der Waals surface area contributed by atoms with E-state index in [9.17, 15) is 18.7 Å². The zero-order valence-corrected chi connectivity index (χ0v) is 18.7. The van der Waals surface area contributed by atoms with Crippen LogP contribution in [0.3, 0.4) is 0 Å². The van der Waals surface area contributed by atoms with E-state index in [2.05, 4.69) is 10.3 Å². The summed E-state index contributed by atoms with van der Waals surface area (Å²) < 4.78 is 33.5. The molecule has 4 rings (SSSR count). The summed E-state index contributed by atoms with van der Waals surface area (Å²) in [5, 5.41) is 13.1. The molecule has 1 aliphatic rings. The van der Waals surface area contributed by atoms with Crippen LogP contribution in [-0.4, -0.2) is 34.7 Å². The lowest BCUT2D eigenvalue weighted by Crippen LogP contribution is -2.17. The highest BCUT2D eigenvalue weighted by atomic mass is 32.1. The lowest BCUT2D eigenvalue weighted by Gasteiger charge is -2.25. The maximum absolute atomic E-state index is 13.6. The minimum absolute atomic E-state index is 0.100. The number of carbonyl (C=O) groups excluding carboxylic acids is 1. The number of aliphatic hydroxyl groups is 1. The SMILES string of the molecule is COc1cc2nc([C@H]3CC[C@H](CO)CC3)sc2cc1NC(=O)c1cccc(C(C)(F)F)n1. The minimum Gasteiger partial charge on any atom is -0.494 e. The number of carbonyl (C=O) groups is 1. The predicted octanol–water partition coefficient (Wildman–Crippen LogP) is 5.33. The lowest BCUT2D eigenvalue weighted by atomic mass is 9.83. The summed E-state index contributed by atoms with van der Waals surface area (Å²) in [5.74, 6) is -2.56. The number of nitrogens with one attached hydrogen (secondary N) is 1. The smallest absolute Gasteiger partial charge is 0.287 e. The van der Waals surface area contributed by atoms with E-state index in [1.54, 1.807) is 23.5 Å². The molecule has 0 unspecified atom stereocenters. The maximum atomic E-state index is 13.6. The van der Waals surface area contributed by atoms with Crippen molar-refractivity contribution in [2.24, 2.45) is 5.92 Å². The van der Waals surface area contributed by atoms with Crippen molar-refractivity contribution in [1.82, 2.24) is 9.97 Å². The summed E-state index contributed by atoms with van der Waals surface area (Å²) in [5.41, 5.74) is 0.655. The first-order chi connectivity index (χ1) is 15.3. The highest BCUT2D eigenvalue weighted by Crippen LogP contribution is 2.41. The zero-order chi connectivity index (χ0) is 22.9. The van der Waals surface area contributed by atoms with Crippen LogP contribution < -0.4 is 10.1 Å². The monoisotopic (exact) mass is 461 g/mol. The van der Waals surface area contributed by atoms with Crippen LogP contribution in [0.1, 0.15) is 59.7 Å². The van der Waals surface area contributed by atoms with E-state index in [1.807, 2.05) is 0 Å². The van der Waals surface area contributed by atoms with Gasteiger partial charge in [0.1, 0.15) is 17.1 Å². The number of ether oxygens (including phenoxy) is 1. The van der Waals surface area contributed by atoms with Gasteiger partial charge in [0.25, 0.3) is 11.8 Å². The Morgan fingerprint density at radius 3 is 2.66 bits per heavy atom. The summed E-state index contributed by atoms with van der Waals surface area (Å²) in [7, 11) is 1.50. The van der Waals surface area contributed by atoms with E-state index in [4.69, 9.17) is 9.72 Å². The highest BCUT2D eigenvalue weighted by Gasteiger charge is 2.27. The van der Waals surface area contributed by atoms with Crippen molar-refractivity contribution in [2.75, 3.05) is 19.0 Å². The number of amides is 1. The molecular formula is C23H25F2N3O3S. The predicted molar refractivity (Wildman–Crippen MR) is 120 cm³/mol. The topological polar surface area (TPSA) is 84.3 Å². The molecule has 0 bridgehead atoms. The third-order valence-electron chi connectivity index (χ3n) is 5.86. The number of hydrogen-bond donors (Lipinski definition) is 2. The number of rotatable bonds is 6. The number of benzene rings is 1. The molecule has 6 nitrogen and oxygen atoms in total. The molecule has 1 saturated carbocycles. The standard InChI is InChI=1S/C23H25F2N3O3S/c1-23(24,25)20-5-3-4-15(26-20)21(30)27-16-11-19-17(10-18(16)31-2)28-22(32-19)14-8-6-13(12-29)7-9-14/h3-5,10-11,13-14,29H,6-9,12H2,1-2H3,(H,27,30)/t13-,14-. The van der Waals surface area contributed by atoms with Gasteiger partial charge in [0.05, 0.1) is 28.0 Å². The first-order valence-electron chi connectivity index (χ1n) is 10.5. The summed E-state index contributed by atoms with van der Waals surface area (Å²) >= 11 is 1.58. The summed E-state index contributed by atoms with van der Waals surface area (Å²) in [6.07, 6.45) is 3.97. The average molecular weight is 462 g/mol. The number of aromatic nitrogens is 2. The zero-order valence-electron chi connectivity index (χ0n) is 17.9. The quantitative estimate of drug-likeness (QED) is 0.518. The van der Waals surface area contributed by atoms with Gasteiger partial charge in [-0.05, 0) is 49.8 Å². The molecule has 1 amide bonds. The Kier molecular flexibility index (Phi) is 6.39. The summed E-state index contributed by atoms with van der Waals surface area (Å²) in [6, 6.07) is 7.54. The molecule has 3 aromatic rings. The number of halogens is 2. The Balaban J connectivity index is 1.58. The van der Waals surface area contributed by atoms with Crippen molar-refractivity contribution in [3.8, 4) is 5.75 Å². The van der Waals surface area contributed by atoms with Crippen LogP contribution in [-0.2, 0) is 5.92 Å². The first kappa shape index (κ1) is 22.5. The van der Waals surface area contributed by atoms with Crippen molar-refractivity contribution >= 4 is 33.1 Å². The molecule has 0 atom stereocenters. The number of aliphatic hydroxyl groups excluding tert-OH is 1. The molecule has 2 heterocycles. The van der Waals surface area contributed by atoms with Gasteiger partial charge in [-0.1, -0.05) is 6.07 Å². The molecule has 2 N–H and O–H groups in total. The Bertz CT molecular complexity index is 1120. The van der Waals surface area contributed by atoms with Gasteiger partial charge in [0.2, 0.25) is 0 Å². The molecule has 32 heavy (non-hydrogen) atoms. The Hall–Kier alpha value is -2.65. The summed E-state index contributed by atoms with van der Waals surface area (Å²) in [6.45, 7) is 0.978. The van der Waals surface area contributed by atoms with Gasteiger partial charge >= 0.3 is 0 Å². The second kappa shape index (κ2) is 9.07. The molecule has 1 aromatic carbocycles. The average Bonchev–Trinajstić information content (AvgIpc) is 3.21. The van der Waals surface area contributed by atoms with E-state index in [-0.39, 0.29) is 12.3 Å². The van der Waals surface area contributed by atoms with Gasteiger partial charge in [-0.25, -0.2) is 9.97 Å². The number of thiazole rings is 1. The number of alkyl halides is 2. The van der Waals surface area contributed by atoms with E-state index in [1.165, 1.54) is 25.3 Å². The van der Waals surface area contributed by atoms with Crippen molar-refractivity contribution in [2.45, 2.75) is 44.4 Å². The number of hydrogen-bond acceptors (Lipinski definition) is 6. The molecular weight excluding hydrogens is 436 g/mol. The van der Waals surface area contributed by atoms with Crippen LogP contribution in [0.25, 0.3) is 10.2 Å². The van der Waals surface area contributed by atoms with E-state index >= 15 is 0 Å². The molecule has 2 aromatic heterocycles. The molecule has 1 fully saturated rings. The second-order valence-corrected chi connectivity index (χ2v) is 9.29. The normalized spacial score (nSPS) is 19.2. The van der Waals surface area contributed by atoms with Gasteiger partial charge < -0.3 is 15.2 Å². The van der Waals surface area contributed by atoms with Crippen LogP contribution in [0, 0.1) is 5.92 Å². The van der Waals surface area contributed by atoms with E-state index < -0.39 is 17.5 Å². The van der Waals surface area contributed by atoms with E-state index in [0.717, 1.165) is 47.8 Å². The Morgan fingerprint density at radius 1 is 1.25 bits per heavy atom. The van der Waals surface area contributed by atoms with Crippen LogP contribution in [0.4, 0.5) is 14.5 Å². The van der Waals surface area contributed by atoms with Gasteiger partial charge in [0, 0.05) is 25.5 Å². The molecule has 1 aliphatic carbocycles. The molecule has 0 aliphatic heterocycles. The fourth-order valence-electron chi connectivity index (χ4n) is 4.00. The van der Waals surface area contributed by atoms with Crippen molar-refractivity contribution in [3.63, 3.8) is 0 Å². The van der Waals surface area contributed by atoms with Crippen LogP contribution in [0.2, 0.25) is 0 Å². The number of pyridine rings is 1. The molecule has 0 radical (unpaired) electrons. The maximum Gasteiger partial charge on any atom is 0.287 e. The minimum atomic E-state index is -3.14. The van der Waals surface area contributed by atoms with E-state index in [0.29, 0.717) is 23.3 Å². The summed E-state index contributed by atoms with van der Waals surface area (Å²) in [4.78, 5) is 21.3. The second-order valence-electron chi connectivity index (χ2n) is 8.22. The fourth-order valence-corrected chi connectivity index (χ4v) is 5.16. The van der Waals surface area contributed by atoms with Crippen molar-refractivity contribution in [1.29, 1.82) is 0 Å². The molecule has 0 saturated heterocycles. The van der Waals surface area contributed by atoms with Crippen molar-refractivity contribution in [3.05, 3.63) is 46.7 Å². The molecule has 0 spiro atoms. The molecule has 170 valence electrons. The highest BCUT2D eigenvalue weighted by molar-refractivity contribution is 7.18. The van der Waals surface area contributed by atoms with Gasteiger partial charge in [0.15, 0.2) is 0 Å². The third-order valence-corrected chi connectivity index (χ3v) is 7.04. The van der Waals surface area contributed by atoms with Gasteiger partial charge in [-0.2, -0.15) is 8.78 Å². The Labute approximate surface area is 188 Å². The van der Waals surface area contributed by atoms with Crippen molar-refractivity contribution < 1.29 is 23.4 Å². The molecule has 9 heteroatoms. The Morgan fingerprint density at radius 2 is 2.00 bits per heavy atom. The third kappa shape index (κ3) is 4.73. The first-order valence-corrected chi connectivity index (χ1v) is 11.4. The van der Waals surface area contributed by atoms with Gasteiger partial charge in [-0.3, -0.25) is 4.79 Å². The van der Waals surface area contributed by atoms with Gasteiger partial charge in [-0.15, -0.1) is 11.3 Å². The number of methoxy groups -OCH3 is 1. The van der Waals surface area contributed by atoms with Crippen LogP contribution >= 0.6 is 11.3 Å². The largest absolute Gasteiger partial charge is 0.494 e. The lowest BCUT2D eigenvalue weighted by molar-refractivity contribution is 0.0126. The number of fused-ring (bicyclic) bond motifs is 1.